The van der Waals surface area contributed by atoms with Crippen molar-refractivity contribution in [1.82, 2.24) is 58.2 Å². The molecule has 0 spiro atoms. The van der Waals surface area contributed by atoms with Crippen LogP contribution in [0.5, 0.6) is 0 Å². The summed E-state index contributed by atoms with van der Waals surface area (Å²) in [5, 5.41) is 46.1. The number of aromatic nitrogens is 1. The van der Waals surface area contributed by atoms with Gasteiger partial charge in [0, 0.05) is 42.8 Å². The minimum Gasteiger partial charge on any atom is -0.481 e. The maximum atomic E-state index is 14.6. The van der Waals surface area contributed by atoms with E-state index < -0.39 is 168 Å². The summed E-state index contributed by atoms with van der Waals surface area (Å²) in [7, 11) is 0. The van der Waals surface area contributed by atoms with Gasteiger partial charge < -0.3 is 85.6 Å². The second kappa shape index (κ2) is 37.9. The van der Waals surface area contributed by atoms with Gasteiger partial charge in [-0.3, -0.25) is 57.5 Å². The third-order valence-electron chi connectivity index (χ3n) is 15.2. The summed E-state index contributed by atoms with van der Waals surface area (Å²) in [4.78, 5) is 177. The van der Waals surface area contributed by atoms with Gasteiger partial charge in [-0.05, 0) is 101 Å². The molecule has 0 fully saturated rings. The van der Waals surface area contributed by atoms with E-state index >= 15 is 0 Å². The van der Waals surface area contributed by atoms with Crippen molar-refractivity contribution in [2.24, 2.45) is 35.0 Å². The Kier molecular flexibility index (Phi) is 31.7. The number of fused-ring (bicyclic) bond motifs is 1. The van der Waals surface area contributed by atoms with Gasteiger partial charge in [-0.2, -0.15) is 0 Å². The highest BCUT2D eigenvalue weighted by Crippen LogP contribution is 2.20. The van der Waals surface area contributed by atoms with Crippen LogP contribution < -0.4 is 70.4 Å². The number of nitrogens with one attached hydrogen (secondary N) is 11. The molecule has 11 amide bonds. The highest BCUT2D eigenvalue weighted by Gasteiger charge is 2.37. The minimum absolute atomic E-state index is 0.0345. The van der Waals surface area contributed by atoms with E-state index in [2.05, 4.69) is 58.2 Å². The molecule has 0 aliphatic heterocycles. The Balaban J connectivity index is 1.90. The number of benzene rings is 2. The molecule has 3 aromatic rings. The van der Waals surface area contributed by atoms with Gasteiger partial charge in [-0.15, -0.1) is 0 Å². The van der Waals surface area contributed by atoms with Gasteiger partial charge in [0.05, 0.1) is 6.04 Å². The van der Waals surface area contributed by atoms with Gasteiger partial charge in [-0.25, -0.2) is 4.79 Å². The Labute approximate surface area is 529 Å². The van der Waals surface area contributed by atoms with Crippen molar-refractivity contribution in [3.63, 3.8) is 0 Å². The van der Waals surface area contributed by atoms with Gasteiger partial charge >= 0.3 is 11.9 Å². The molecule has 19 N–H and O–H groups in total. The van der Waals surface area contributed by atoms with E-state index in [9.17, 15) is 72.5 Å². The van der Waals surface area contributed by atoms with Crippen LogP contribution in [0.1, 0.15) is 131 Å². The predicted molar refractivity (Wildman–Crippen MR) is 336 cm³/mol. The second-order valence-corrected chi connectivity index (χ2v) is 23.6. The van der Waals surface area contributed by atoms with E-state index in [-0.39, 0.29) is 57.4 Å². The predicted octanol–water partition coefficient (Wildman–Crippen LogP) is -0.720. The van der Waals surface area contributed by atoms with Crippen LogP contribution >= 0.6 is 0 Å². The number of H-pyrrole nitrogens is 1. The van der Waals surface area contributed by atoms with Crippen LogP contribution in [0.25, 0.3) is 10.9 Å². The number of hydrogen-bond acceptors (Lipinski definition) is 15. The lowest BCUT2D eigenvalue weighted by molar-refractivity contribution is -0.143. The first kappa shape index (κ1) is 76.3. The summed E-state index contributed by atoms with van der Waals surface area (Å²) < 4.78 is 0. The molecule has 0 unspecified atom stereocenters. The van der Waals surface area contributed by atoms with Crippen molar-refractivity contribution in [3.05, 3.63) is 71.9 Å². The van der Waals surface area contributed by atoms with Gasteiger partial charge in [0.25, 0.3) is 0 Å². The topological polar surface area (TPSA) is 477 Å². The quantitative estimate of drug-likeness (QED) is 0.0313. The van der Waals surface area contributed by atoms with Crippen LogP contribution in [0.4, 0.5) is 0 Å². The number of carbonyl (C=O) groups is 13. The van der Waals surface area contributed by atoms with E-state index in [1.807, 2.05) is 32.0 Å². The fourth-order valence-corrected chi connectivity index (χ4v) is 9.51. The number of aliphatic carboxylic acids is 2. The zero-order valence-electron chi connectivity index (χ0n) is 53.3. The standard InChI is InChI=1S/C62H94N14O15/c1-10-34(6)51(61(89)69-37(9)54(82)72-47(30-39-31-66-42-21-15-14-20-40(39)42)58(86)73-45(28-32(2)3)59(87)75-50(33(4)5)62(90)91)76-60(88)46(29-38-18-12-11-13-19-38)74-57(85)44(24-26-49(78)79)71-56(84)43(22-16-17-27-63)70-53(81)36(8)67-52(80)35(7)68-55(83)41(64)23-25-48(65)77/h11-15,18-21,31-37,41,43-47,50-51,66H,10,16-17,22-30,63-64H2,1-9H3,(H2,65,77)(H,67,80)(H,68,83)(H,69,89)(H,70,81)(H,71,84)(H,72,82)(H,73,86)(H,74,85)(H,75,87)(H,76,88)(H,78,79)(H,90,91)/t34-,35-,36-,37-,41-,43-,44-,45-,46-,47-,50-,51-/m0/s1. The Bertz CT molecular complexity index is 2990. The molecule has 0 saturated heterocycles. The molecule has 1 aromatic heterocycles. The molecule has 29 nitrogen and oxygen atoms in total. The summed E-state index contributed by atoms with van der Waals surface area (Å²) in [5.74, 6) is -13.0. The largest absolute Gasteiger partial charge is 0.481 e. The number of amides is 11. The van der Waals surface area contributed by atoms with Gasteiger partial charge in [-0.1, -0.05) is 96.5 Å². The fraction of sp³-hybridized carbons (Fsp3) is 0.565. The average molecular weight is 1280 g/mol. The molecule has 29 heteroatoms. The number of rotatable bonds is 40. The van der Waals surface area contributed by atoms with Gasteiger partial charge in [0.15, 0.2) is 0 Å². The molecule has 0 saturated carbocycles. The summed E-state index contributed by atoms with van der Waals surface area (Å²) in [6.45, 7) is 14.5. The fourth-order valence-electron chi connectivity index (χ4n) is 9.51. The Hall–Kier alpha value is -8.99. The first-order chi connectivity index (χ1) is 42.9. The van der Waals surface area contributed by atoms with E-state index in [4.69, 9.17) is 17.2 Å². The van der Waals surface area contributed by atoms with E-state index in [1.54, 1.807) is 70.3 Å². The molecule has 3 rings (SSSR count). The first-order valence-corrected chi connectivity index (χ1v) is 30.7. The first-order valence-electron chi connectivity index (χ1n) is 30.7. The Morgan fingerprint density at radius 2 is 0.967 bits per heavy atom. The summed E-state index contributed by atoms with van der Waals surface area (Å²) >= 11 is 0. The van der Waals surface area contributed by atoms with Crippen LogP contribution in [0.15, 0.2) is 60.8 Å². The van der Waals surface area contributed by atoms with Crippen molar-refractivity contribution < 1.29 is 72.5 Å². The normalized spacial score (nSPS) is 15.2. The number of unbranched alkanes of at least 4 members (excludes halogenated alkanes) is 1. The second-order valence-electron chi connectivity index (χ2n) is 23.6. The number of carboxylic acid groups (broad SMARTS) is 2. The molecule has 502 valence electrons. The number of aromatic amines is 1. The molecule has 12 atom stereocenters. The minimum atomic E-state index is -1.64. The SMILES string of the molecule is CC[C@H](C)[C@H](NC(=O)[C@H](Cc1ccccc1)NC(=O)[C@H](CCC(=O)O)NC(=O)[C@H](CCCCN)NC(=O)[C@H](C)NC(=O)[C@H](C)NC(=O)[C@@H](N)CCC(N)=O)C(=O)N[C@@H](C)C(=O)N[C@@H](Cc1c[nH]c2ccccc12)C(=O)N[C@@H](CC(C)C)C(=O)N[C@H](C(=O)O)C(C)C. The molecule has 1 heterocycles. The molecule has 91 heavy (non-hydrogen) atoms. The zero-order chi connectivity index (χ0) is 68.2. The lowest BCUT2D eigenvalue weighted by Gasteiger charge is -2.29. The van der Waals surface area contributed by atoms with Crippen LogP contribution in [0.2, 0.25) is 0 Å². The van der Waals surface area contributed by atoms with Crippen molar-refractivity contribution in [2.75, 3.05) is 6.54 Å². The number of nitrogens with two attached hydrogens (primary N) is 3. The molecule has 0 bridgehead atoms. The number of hydrogen-bond donors (Lipinski definition) is 16. The van der Waals surface area contributed by atoms with Crippen molar-refractivity contribution in [2.45, 2.75) is 199 Å². The summed E-state index contributed by atoms with van der Waals surface area (Å²) in [5.41, 5.74) is 18.6. The van der Waals surface area contributed by atoms with Crippen molar-refractivity contribution in [1.29, 1.82) is 0 Å². The van der Waals surface area contributed by atoms with E-state index in [1.165, 1.54) is 20.8 Å². The average Bonchev–Trinajstić information content (AvgIpc) is 1.90. The highest BCUT2D eigenvalue weighted by molar-refractivity contribution is 5.99. The van der Waals surface area contributed by atoms with E-state index in [0.29, 0.717) is 24.0 Å². The molecule has 2 aromatic carbocycles. The Morgan fingerprint density at radius 1 is 0.495 bits per heavy atom. The number of primary amides is 1. The Morgan fingerprint density at radius 3 is 1.53 bits per heavy atom. The van der Waals surface area contributed by atoms with Gasteiger partial charge in [0.1, 0.15) is 60.4 Å². The van der Waals surface area contributed by atoms with Gasteiger partial charge in [0.2, 0.25) is 65.0 Å². The smallest absolute Gasteiger partial charge is 0.326 e. The third-order valence-corrected chi connectivity index (χ3v) is 15.2. The van der Waals surface area contributed by atoms with Crippen LogP contribution in [-0.4, -0.2) is 165 Å². The lowest BCUT2D eigenvalue weighted by Crippen LogP contribution is -2.61. The van der Waals surface area contributed by atoms with Crippen LogP contribution in [0, 0.1) is 17.8 Å². The molecule has 0 aliphatic carbocycles. The van der Waals surface area contributed by atoms with Crippen LogP contribution in [0.3, 0.4) is 0 Å². The number of carbonyl (C=O) groups excluding carboxylic acids is 11. The number of para-hydroxylation sites is 1. The zero-order valence-corrected chi connectivity index (χ0v) is 53.3. The molecule has 0 radical (unpaired) electrons. The summed E-state index contributed by atoms with van der Waals surface area (Å²) in [6, 6.07) is 0.903. The van der Waals surface area contributed by atoms with E-state index in [0.717, 1.165) is 10.9 Å². The third kappa shape index (κ3) is 25.8. The lowest BCUT2D eigenvalue weighted by atomic mass is 9.96. The molecular formula is C62H94N14O15. The van der Waals surface area contributed by atoms with Crippen molar-refractivity contribution in [3.8, 4) is 0 Å². The molecular weight excluding hydrogens is 1180 g/mol. The maximum Gasteiger partial charge on any atom is 0.326 e. The monoisotopic (exact) mass is 1270 g/mol. The number of carboxylic acids is 2. The highest BCUT2D eigenvalue weighted by atomic mass is 16.4. The molecule has 0 aliphatic rings. The van der Waals surface area contributed by atoms with Crippen molar-refractivity contribution >= 4 is 87.8 Å². The summed E-state index contributed by atoms with van der Waals surface area (Å²) in [6.07, 6.45) is 1.06. The van der Waals surface area contributed by atoms with Crippen LogP contribution in [-0.2, 0) is 75.2 Å². The maximum absolute atomic E-state index is 14.6.